The van der Waals surface area contributed by atoms with Crippen LogP contribution in [0.1, 0.15) is 39.2 Å². The molecule has 28 heavy (non-hydrogen) atoms. The molecule has 0 radical (unpaired) electrons. The second-order valence-electron chi connectivity index (χ2n) is 6.79. The molecule has 1 aromatic rings. The molecule has 158 valence electrons. The van der Waals surface area contributed by atoms with E-state index in [1.54, 1.807) is 25.1 Å². The Morgan fingerprint density at radius 2 is 1.93 bits per heavy atom. The molecule has 2 atom stereocenters. The molecule has 0 spiro atoms. The van der Waals surface area contributed by atoms with E-state index in [0.29, 0.717) is 27.1 Å². The van der Waals surface area contributed by atoms with Crippen molar-refractivity contribution >= 4 is 35.0 Å². The molecule has 0 aromatic heterocycles. The molecule has 3 N–H and O–H groups in total. The van der Waals surface area contributed by atoms with E-state index in [9.17, 15) is 19.9 Å². The molecule has 1 aromatic carbocycles. The van der Waals surface area contributed by atoms with Gasteiger partial charge in [-0.2, -0.15) is 0 Å². The Morgan fingerprint density at radius 1 is 1.25 bits per heavy atom. The van der Waals surface area contributed by atoms with E-state index in [0.717, 1.165) is 0 Å². The van der Waals surface area contributed by atoms with Crippen LogP contribution >= 0.6 is 23.2 Å². The molecule has 2 amide bonds. The second kappa shape index (κ2) is 12.2. The normalized spacial score (nSPS) is 13.3. The third-order valence-corrected chi connectivity index (χ3v) is 4.75. The van der Waals surface area contributed by atoms with Gasteiger partial charge in [-0.05, 0) is 37.0 Å². The van der Waals surface area contributed by atoms with Crippen molar-refractivity contribution in [1.29, 1.82) is 0 Å². The molecule has 9 heteroatoms. The Hall–Kier alpha value is -1.38. The van der Waals surface area contributed by atoms with E-state index in [2.05, 4.69) is 5.32 Å². The fourth-order valence-electron chi connectivity index (χ4n) is 2.44. The summed E-state index contributed by atoms with van der Waals surface area (Å²) in [5.41, 5.74) is 0.621. The highest BCUT2D eigenvalue weighted by molar-refractivity contribution is 6.42. The van der Waals surface area contributed by atoms with Crippen LogP contribution in [0.25, 0.3) is 0 Å². The number of hydrogen-bond donors (Lipinski definition) is 3. The van der Waals surface area contributed by atoms with Gasteiger partial charge in [-0.3, -0.25) is 14.8 Å². The Bertz CT molecular complexity index is 657. The molecule has 0 heterocycles. The van der Waals surface area contributed by atoms with Crippen molar-refractivity contribution in [2.24, 2.45) is 5.92 Å². The lowest BCUT2D eigenvalue weighted by atomic mass is 10.0. The minimum Gasteiger partial charge on any atom is -0.366 e. The lowest BCUT2D eigenvalue weighted by Gasteiger charge is -2.26. The number of hydroxylamine groups is 2. The van der Waals surface area contributed by atoms with Crippen LogP contribution in [0.5, 0.6) is 0 Å². The number of nitrogens with one attached hydrogen (secondary N) is 1. The molecule has 0 bridgehead atoms. The molecule has 0 aliphatic carbocycles. The summed E-state index contributed by atoms with van der Waals surface area (Å²) in [5.74, 6) is -0.898. The number of ether oxygens (including phenoxy) is 1. The standard InChI is InChI=1S/C19H28Cl2N2O5/c1-4-28-18(25)11-22-19(26)16(23(27)17(24)8-5-12(2)3)10-13-6-7-14(20)15(21)9-13/h6-7,9,12,16,18,25,27H,4-5,8,10-11H2,1-3H3,(H,22,26)/t16?,18-/m0/s1. The zero-order chi connectivity index (χ0) is 21.3. The maximum atomic E-state index is 12.6. The van der Waals surface area contributed by atoms with Crippen molar-refractivity contribution in [2.45, 2.75) is 52.4 Å². The van der Waals surface area contributed by atoms with Crippen molar-refractivity contribution in [3.63, 3.8) is 0 Å². The maximum Gasteiger partial charge on any atom is 0.246 e. The number of rotatable bonds is 11. The van der Waals surface area contributed by atoms with Crippen LogP contribution in [-0.2, 0) is 20.7 Å². The molecule has 0 aliphatic heterocycles. The van der Waals surface area contributed by atoms with Gasteiger partial charge in [0.1, 0.15) is 6.04 Å². The van der Waals surface area contributed by atoms with Crippen LogP contribution in [0.2, 0.25) is 10.0 Å². The molecular formula is C19H28Cl2N2O5. The zero-order valence-electron chi connectivity index (χ0n) is 16.3. The average molecular weight is 435 g/mol. The molecule has 0 aliphatic rings. The lowest BCUT2D eigenvalue weighted by Crippen LogP contribution is -2.50. The van der Waals surface area contributed by atoms with Gasteiger partial charge >= 0.3 is 0 Å². The van der Waals surface area contributed by atoms with Crippen molar-refractivity contribution < 1.29 is 24.6 Å². The average Bonchev–Trinajstić information content (AvgIpc) is 2.64. The van der Waals surface area contributed by atoms with Gasteiger partial charge < -0.3 is 15.2 Å². The minimum absolute atomic E-state index is 0.0252. The number of halogens is 2. The van der Waals surface area contributed by atoms with E-state index in [-0.39, 0.29) is 31.9 Å². The number of benzene rings is 1. The first-order chi connectivity index (χ1) is 13.1. The number of amides is 2. The Kier molecular flexibility index (Phi) is 10.8. The third-order valence-electron chi connectivity index (χ3n) is 4.01. The summed E-state index contributed by atoms with van der Waals surface area (Å²) >= 11 is 11.9. The summed E-state index contributed by atoms with van der Waals surface area (Å²) in [6, 6.07) is 3.63. The molecule has 0 saturated heterocycles. The van der Waals surface area contributed by atoms with Crippen molar-refractivity contribution in [1.82, 2.24) is 10.4 Å². The summed E-state index contributed by atoms with van der Waals surface area (Å²) < 4.78 is 4.96. The summed E-state index contributed by atoms with van der Waals surface area (Å²) in [6.45, 7) is 5.75. The van der Waals surface area contributed by atoms with Crippen LogP contribution in [0.3, 0.4) is 0 Å². The number of aliphatic hydroxyl groups is 1. The lowest BCUT2D eigenvalue weighted by molar-refractivity contribution is -0.180. The van der Waals surface area contributed by atoms with Gasteiger partial charge in [0.2, 0.25) is 11.8 Å². The fraction of sp³-hybridized carbons (Fsp3) is 0.579. The van der Waals surface area contributed by atoms with E-state index in [1.807, 2.05) is 13.8 Å². The highest BCUT2D eigenvalue weighted by atomic mass is 35.5. The molecule has 0 saturated carbocycles. The van der Waals surface area contributed by atoms with Crippen LogP contribution in [0.15, 0.2) is 18.2 Å². The summed E-state index contributed by atoms with van der Waals surface area (Å²) in [7, 11) is 0. The molecule has 0 fully saturated rings. The van der Waals surface area contributed by atoms with E-state index in [4.69, 9.17) is 27.9 Å². The van der Waals surface area contributed by atoms with Gasteiger partial charge in [-0.1, -0.05) is 43.1 Å². The largest absolute Gasteiger partial charge is 0.366 e. The predicted molar refractivity (Wildman–Crippen MR) is 107 cm³/mol. The van der Waals surface area contributed by atoms with Crippen molar-refractivity contribution in [3.8, 4) is 0 Å². The smallest absolute Gasteiger partial charge is 0.246 e. The number of nitrogens with zero attached hydrogens (tertiary/aromatic N) is 1. The zero-order valence-corrected chi connectivity index (χ0v) is 17.8. The van der Waals surface area contributed by atoms with Gasteiger partial charge in [0.05, 0.1) is 16.6 Å². The topological polar surface area (TPSA) is 99.1 Å². The van der Waals surface area contributed by atoms with Crippen LogP contribution in [0.4, 0.5) is 0 Å². The van der Waals surface area contributed by atoms with Gasteiger partial charge in [-0.15, -0.1) is 0 Å². The van der Waals surface area contributed by atoms with E-state index < -0.39 is 24.1 Å². The highest BCUT2D eigenvalue weighted by Crippen LogP contribution is 2.24. The Labute approximate surface area is 175 Å². The first-order valence-corrected chi connectivity index (χ1v) is 9.93. The number of hydrogen-bond acceptors (Lipinski definition) is 5. The first-order valence-electron chi connectivity index (χ1n) is 9.17. The van der Waals surface area contributed by atoms with Gasteiger partial charge in [0.15, 0.2) is 6.29 Å². The van der Waals surface area contributed by atoms with Gasteiger partial charge in [0, 0.05) is 19.4 Å². The monoisotopic (exact) mass is 434 g/mol. The molecule has 7 nitrogen and oxygen atoms in total. The SMILES string of the molecule is CCO[C@H](O)CNC(=O)C(Cc1ccc(Cl)c(Cl)c1)N(O)C(=O)CCC(C)C. The summed E-state index contributed by atoms with van der Waals surface area (Å²) in [5, 5.41) is 23.6. The minimum atomic E-state index is -1.19. The quantitative estimate of drug-likeness (QED) is 0.282. The summed E-state index contributed by atoms with van der Waals surface area (Å²) in [4.78, 5) is 24.9. The van der Waals surface area contributed by atoms with Crippen LogP contribution in [-0.4, -0.2) is 52.7 Å². The predicted octanol–water partition coefficient (Wildman–Crippen LogP) is 3.03. The summed E-state index contributed by atoms with van der Waals surface area (Å²) in [6.07, 6.45) is -0.457. The van der Waals surface area contributed by atoms with Gasteiger partial charge in [-0.25, -0.2) is 5.06 Å². The number of aliphatic hydroxyl groups excluding tert-OH is 1. The number of carbonyl (C=O) groups is 2. The first kappa shape index (κ1) is 24.7. The second-order valence-corrected chi connectivity index (χ2v) is 7.61. The van der Waals surface area contributed by atoms with Crippen LogP contribution < -0.4 is 5.32 Å². The van der Waals surface area contributed by atoms with Gasteiger partial charge in [0.25, 0.3) is 0 Å². The van der Waals surface area contributed by atoms with Crippen molar-refractivity contribution in [2.75, 3.05) is 13.2 Å². The van der Waals surface area contributed by atoms with E-state index in [1.165, 1.54) is 0 Å². The van der Waals surface area contributed by atoms with E-state index >= 15 is 0 Å². The Morgan fingerprint density at radius 3 is 2.50 bits per heavy atom. The molecule has 1 rings (SSSR count). The Balaban J connectivity index is 2.92. The fourth-order valence-corrected chi connectivity index (χ4v) is 2.76. The third kappa shape index (κ3) is 8.32. The number of carbonyl (C=O) groups excluding carboxylic acids is 2. The van der Waals surface area contributed by atoms with Crippen molar-refractivity contribution in [3.05, 3.63) is 33.8 Å². The maximum absolute atomic E-state index is 12.6. The van der Waals surface area contributed by atoms with Crippen LogP contribution in [0, 0.1) is 5.92 Å². The molecule has 1 unspecified atom stereocenters. The highest BCUT2D eigenvalue weighted by Gasteiger charge is 2.29. The molecular weight excluding hydrogens is 407 g/mol.